The minimum Gasteiger partial charge on any atom is -0.371 e. The van der Waals surface area contributed by atoms with Crippen LogP contribution in [0.3, 0.4) is 0 Å². The third kappa shape index (κ3) is 2.44. The summed E-state index contributed by atoms with van der Waals surface area (Å²) in [4.78, 5) is 18.1. The molecular formula is C18H21N5. The molecule has 4 heterocycles. The van der Waals surface area contributed by atoms with Crippen LogP contribution in [0.25, 0.3) is 0 Å². The van der Waals surface area contributed by atoms with Gasteiger partial charge in [-0.05, 0) is 25.0 Å². The van der Waals surface area contributed by atoms with Gasteiger partial charge in [0, 0.05) is 73.8 Å². The van der Waals surface area contributed by atoms with Gasteiger partial charge in [0.15, 0.2) is 0 Å². The summed E-state index contributed by atoms with van der Waals surface area (Å²) in [6, 6.07) is 6.45. The minimum absolute atomic E-state index is 0.695. The Morgan fingerprint density at radius 3 is 2.26 bits per heavy atom. The van der Waals surface area contributed by atoms with Crippen molar-refractivity contribution in [1.29, 1.82) is 0 Å². The van der Waals surface area contributed by atoms with Gasteiger partial charge in [0.05, 0.1) is 0 Å². The third-order valence-corrected chi connectivity index (χ3v) is 5.51. The highest BCUT2D eigenvalue weighted by Gasteiger charge is 2.40. The molecule has 2 unspecified atom stereocenters. The van der Waals surface area contributed by atoms with E-state index in [0.29, 0.717) is 5.92 Å². The van der Waals surface area contributed by atoms with E-state index in [2.05, 4.69) is 43.0 Å². The Kier molecular flexibility index (Phi) is 2.99. The molecule has 0 bridgehead atoms. The Labute approximate surface area is 136 Å². The summed E-state index contributed by atoms with van der Waals surface area (Å²) >= 11 is 0. The molecular weight excluding hydrogens is 286 g/mol. The molecule has 5 rings (SSSR count). The Morgan fingerprint density at radius 2 is 1.57 bits per heavy atom. The van der Waals surface area contributed by atoms with Crippen LogP contribution in [0.5, 0.6) is 0 Å². The van der Waals surface area contributed by atoms with Crippen molar-refractivity contribution in [3.8, 4) is 0 Å². The number of rotatable bonds is 3. The molecule has 0 amide bonds. The van der Waals surface area contributed by atoms with Crippen LogP contribution >= 0.6 is 0 Å². The fourth-order valence-electron chi connectivity index (χ4n) is 4.08. The lowest BCUT2D eigenvalue weighted by atomic mass is 10.0. The number of pyridine rings is 1. The lowest BCUT2D eigenvalue weighted by Crippen LogP contribution is -2.29. The van der Waals surface area contributed by atoms with E-state index < -0.39 is 0 Å². The summed E-state index contributed by atoms with van der Waals surface area (Å²) in [5.74, 6) is 3.30. The molecule has 1 aliphatic carbocycles. The van der Waals surface area contributed by atoms with E-state index in [1.807, 2.05) is 12.4 Å². The molecule has 0 radical (unpaired) electrons. The summed E-state index contributed by atoms with van der Waals surface area (Å²) in [5.41, 5.74) is 2.55. The van der Waals surface area contributed by atoms with Crippen LogP contribution in [0.1, 0.15) is 24.5 Å². The van der Waals surface area contributed by atoms with E-state index in [4.69, 9.17) is 0 Å². The van der Waals surface area contributed by atoms with Crippen molar-refractivity contribution in [3.05, 3.63) is 42.6 Å². The molecule has 2 aliphatic heterocycles. The Morgan fingerprint density at radius 1 is 0.870 bits per heavy atom. The average Bonchev–Trinajstić information content (AvgIpc) is 3.26. The van der Waals surface area contributed by atoms with Crippen molar-refractivity contribution in [2.75, 3.05) is 36.0 Å². The highest BCUT2D eigenvalue weighted by Crippen LogP contribution is 2.40. The van der Waals surface area contributed by atoms with E-state index in [0.717, 1.165) is 43.8 Å². The normalized spacial score (nSPS) is 26.6. The van der Waals surface area contributed by atoms with E-state index >= 15 is 0 Å². The van der Waals surface area contributed by atoms with E-state index in [9.17, 15) is 0 Å². The van der Waals surface area contributed by atoms with Crippen molar-refractivity contribution < 1.29 is 0 Å². The minimum atomic E-state index is 0.695. The summed E-state index contributed by atoms with van der Waals surface area (Å²) in [5, 5.41) is 0. The Bertz CT molecular complexity index is 686. The number of anilines is 2. The largest absolute Gasteiger partial charge is 0.371 e. The molecule has 2 saturated heterocycles. The highest BCUT2D eigenvalue weighted by atomic mass is 15.3. The predicted molar refractivity (Wildman–Crippen MR) is 89.7 cm³/mol. The van der Waals surface area contributed by atoms with Gasteiger partial charge in [0.2, 0.25) is 0 Å². The van der Waals surface area contributed by atoms with Crippen LogP contribution in [0.15, 0.2) is 36.9 Å². The van der Waals surface area contributed by atoms with E-state index in [1.54, 1.807) is 6.33 Å². The van der Waals surface area contributed by atoms with E-state index in [1.165, 1.54) is 24.2 Å². The maximum atomic E-state index is 4.53. The molecule has 2 atom stereocenters. The van der Waals surface area contributed by atoms with Crippen LogP contribution < -0.4 is 9.80 Å². The highest BCUT2D eigenvalue weighted by molar-refractivity contribution is 5.48. The molecule has 3 aliphatic rings. The molecule has 0 aromatic carbocycles. The predicted octanol–water partition coefficient (Wildman–Crippen LogP) is 2.32. The van der Waals surface area contributed by atoms with Gasteiger partial charge in [-0.2, -0.15) is 0 Å². The molecule has 5 heteroatoms. The van der Waals surface area contributed by atoms with Crippen LogP contribution in [0.2, 0.25) is 0 Å². The first-order chi connectivity index (χ1) is 11.4. The van der Waals surface area contributed by atoms with Gasteiger partial charge in [0.25, 0.3) is 0 Å². The van der Waals surface area contributed by atoms with Crippen LogP contribution in [-0.4, -0.2) is 41.1 Å². The van der Waals surface area contributed by atoms with Gasteiger partial charge in [-0.15, -0.1) is 0 Å². The number of fused-ring (bicyclic) bond motifs is 1. The maximum Gasteiger partial charge on any atom is 0.132 e. The number of hydrogen-bond donors (Lipinski definition) is 0. The van der Waals surface area contributed by atoms with Gasteiger partial charge < -0.3 is 9.80 Å². The van der Waals surface area contributed by atoms with Crippen LogP contribution in [0, 0.1) is 11.8 Å². The Hall–Kier alpha value is -2.17. The number of aromatic nitrogens is 3. The molecule has 5 nitrogen and oxygen atoms in total. The Balaban J connectivity index is 1.29. The van der Waals surface area contributed by atoms with Gasteiger partial charge in [-0.1, -0.05) is 0 Å². The van der Waals surface area contributed by atoms with E-state index in [-0.39, 0.29) is 0 Å². The van der Waals surface area contributed by atoms with Crippen molar-refractivity contribution in [1.82, 2.24) is 15.0 Å². The zero-order valence-electron chi connectivity index (χ0n) is 13.2. The standard InChI is InChI=1S/C18H21N5/c1-2-13(1)17-7-18(21-12-20-17)23-10-14-8-22(9-15(14)11-23)16-3-5-19-6-4-16/h3-7,12-15H,1-2,8-11H2. The average molecular weight is 307 g/mol. The second kappa shape index (κ2) is 5.18. The smallest absolute Gasteiger partial charge is 0.132 e. The topological polar surface area (TPSA) is 45.2 Å². The third-order valence-electron chi connectivity index (χ3n) is 5.51. The lowest BCUT2D eigenvalue weighted by Gasteiger charge is -2.23. The molecule has 3 fully saturated rings. The summed E-state index contributed by atoms with van der Waals surface area (Å²) in [6.07, 6.45) is 8.11. The zero-order valence-corrected chi connectivity index (χ0v) is 13.2. The number of hydrogen-bond acceptors (Lipinski definition) is 5. The second-order valence-electron chi connectivity index (χ2n) is 7.11. The van der Waals surface area contributed by atoms with Gasteiger partial charge in [0.1, 0.15) is 12.1 Å². The van der Waals surface area contributed by atoms with Gasteiger partial charge in [-0.3, -0.25) is 4.98 Å². The second-order valence-corrected chi connectivity index (χ2v) is 7.11. The first kappa shape index (κ1) is 13.3. The van der Waals surface area contributed by atoms with Crippen molar-refractivity contribution in [2.45, 2.75) is 18.8 Å². The van der Waals surface area contributed by atoms with Crippen molar-refractivity contribution in [3.63, 3.8) is 0 Å². The zero-order chi connectivity index (χ0) is 15.2. The van der Waals surface area contributed by atoms with Gasteiger partial charge >= 0.3 is 0 Å². The van der Waals surface area contributed by atoms with Crippen molar-refractivity contribution in [2.24, 2.45) is 11.8 Å². The van der Waals surface area contributed by atoms with Gasteiger partial charge in [-0.25, -0.2) is 9.97 Å². The van der Waals surface area contributed by atoms with Crippen molar-refractivity contribution >= 4 is 11.5 Å². The first-order valence-electron chi connectivity index (χ1n) is 8.58. The molecule has 23 heavy (non-hydrogen) atoms. The molecule has 0 N–H and O–H groups in total. The maximum absolute atomic E-state index is 4.53. The summed E-state index contributed by atoms with van der Waals surface area (Å²) in [6.45, 7) is 4.53. The first-order valence-corrected chi connectivity index (χ1v) is 8.58. The quantitative estimate of drug-likeness (QED) is 0.871. The lowest BCUT2D eigenvalue weighted by molar-refractivity contribution is 0.533. The molecule has 0 spiro atoms. The SMILES string of the molecule is c1cc(N2CC3CN(c4cc(C5CC5)ncn4)CC3C2)ccn1. The molecule has 118 valence electrons. The number of nitrogens with zero attached hydrogens (tertiary/aromatic N) is 5. The molecule has 2 aromatic rings. The van der Waals surface area contributed by atoms with Crippen LogP contribution in [-0.2, 0) is 0 Å². The summed E-state index contributed by atoms with van der Waals surface area (Å²) in [7, 11) is 0. The monoisotopic (exact) mass is 307 g/mol. The van der Waals surface area contributed by atoms with Crippen LogP contribution in [0.4, 0.5) is 11.5 Å². The fraction of sp³-hybridized carbons (Fsp3) is 0.500. The summed E-state index contributed by atoms with van der Waals surface area (Å²) < 4.78 is 0. The molecule has 1 saturated carbocycles. The fourth-order valence-corrected chi connectivity index (χ4v) is 4.08. The molecule has 2 aromatic heterocycles.